The summed E-state index contributed by atoms with van der Waals surface area (Å²) in [6.07, 6.45) is 12.5. The Hall–Kier alpha value is -1.44. The van der Waals surface area contributed by atoms with E-state index in [1.165, 1.54) is 63.0 Å². The van der Waals surface area contributed by atoms with Crippen LogP contribution in [0.2, 0.25) is 0 Å². The summed E-state index contributed by atoms with van der Waals surface area (Å²) in [5.41, 5.74) is 2.65. The second-order valence-electron chi connectivity index (χ2n) is 6.13. The number of benzene rings is 1. The average molecular weight is 270 g/mol. The molecule has 0 saturated carbocycles. The quantitative estimate of drug-likeness (QED) is 0.813. The van der Waals surface area contributed by atoms with Crippen LogP contribution in [0.4, 0.5) is 11.4 Å². The number of hydrogen-bond acceptors (Lipinski definition) is 2. The van der Waals surface area contributed by atoms with E-state index in [4.69, 9.17) is 0 Å². The maximum atomic E-state index is 3.59. The molecule has 1 atom stereocenters. The Morgan fingerprint density at radius 1 is 1.00 bits per heavy atom. The van der Waals surface area contributed by atoms with Crippen molar-refractivity contribution in [2.24, 2.45) is 5.92 Å². The van der Waals surface area contributed by atoms with E-state index in [0.29, 0.717) is 0 Å². The van der Waals surface area contributed by atoms with E-state index < -0.39 is 0 Å². The number of rotatable bonds is 4. The average Bonchev–Trinajstić information content (AvgIpc) is 2.55. The normalized spacial score (nSPS) is 22.8. The second kappa shape index (κ2) is 6.83. The first kappa shape index (κ1) is 13.5. The molecule has 0 amide bonds. The molecular formula is C18H26N2. The second-order valence-corrected chi connectivity index (χ2v) is 6.13. The van der Waals surface area contributed by atoms with Crippen LogP contribution in [0.15, 0.2) is 36.4 Å². The van der Waals surface area contributed by atoms with E-state index >= 15 is 0 Å². The molecule has 20 heavy (non-hydrogen) atoms. The Kier molecular flexibility index (Phi) is 4.62. The lowest BCUT2D eigenvalue weighted by Crippen LogP contribution is -2.29. The number of hydrogen-bond donors (Lipinski definition) is 1. The zero-order valence-electron chi connectivity index (χ0n) is 12.4. The molecule has 2 aliphatic rings. The van der Waals surface area contributed by atoms with Gasteiger partial charge in [0.25, 0.3) is 0 Å². The molecule has 1 aromatic carbocycles. The molecule has 1 N–H and O–H groups in total. The monoisotopic (exact) mass is 270 g/mol. The van der Waals surface area contributed by atoms with E-state index in [0.717, 1.165) is 12.5 Å². The van der Waals surface area contributed by atoms with Crippen molar-refractivity contribution in [3.8, 4) is 0 Å². The molecule has 108 valence electrons. The smallest absolute Gasteiger partial charge is 0.0367 e. The van der Waals surface area contributed by atoms with Crippen LogP contribution in [0.3, 0.4) is 0 Å². The Morgan fingerprint density at radius 3 is 2.50 bits per heavy atom. The molecule has 1 heterocycles. The number of allylic oxidation sites excluding steroid dienone is 2. The lowest BCUT2D eigenvalue weighted by molar-refractivity contribution is 0.504. The maximum absolute atomic E-state index is 3.59. The van der Waals surface area contributed by atoms with E-state index in [2.05, 4.69) is 46.6 Å². The van der Waals surface area contributed by atoms with Gasteiger partial charge in [-0.1, -0.05) is 12.2 Å². The van der Waals surface area contributed by atoms with Gasteiger partial charge >= 0.3 is 0 Å². The molecule has 3 rings (SSSR count). The molecule has 2 heteroatoms. The highest BCUT2D eigenvalue weighted by atomic mass is 15.1. The fourth-order valence-electron chi connectivity index (χ4n) is 3.25. The molecule has 2 nitrogen and oxygen atoms in total. The van der Waals surface area contributed by atoms with Crippen molar-refractivity contribution >= 4 is 11.4 Å². The van der Waals surface area contributed by atoms with Gasteiger partial charge in [-0.3, -0.25) is 0 Å². The third kappa shape index (κ3) is 3.56. The molecule has 1 aliphatic heterocycles. The third-order valence-electron chi connectivity index (χ3n) is 4.56. The Bertz CT molecular complexity index is 429. The molecule has 1 unspecified atom stereocenters. The highest BCUT2D eigenvalue weighted by Gasteiger charge is 2.11. The predicted molar refractivity (Wildman–Crippen MR) is 87.5 cm³/mol. The Labute approximate surface area is 122 Å². The zero-order chi connectivity index (χ0) is 13.6. The van der Waals surface area contributed by atoms with Crippen molar-refractivity contribution in [1.29, 1.82) is 0 Å². The van der Waals surface area contributed by atoms with E-state index in [1.54, 1.807) is 0 Å². The van der Waals surface area contributed by atoms with Gasteiger partial charge in [0.2, 0.25) is 0 Å². The van der Waals surface area contributed by atoms with Gasteiger partial charge in [0, 0.05) is 31.0 Å². The van der Waals surface area contributed by atoms with Crippen LogP contribution in [0, 0.1) is 5.92 Å². The lowest BCUT2D eigenvalue weighted by Gasteiger charge is -2.29. The molecule has 1 aromatic rings. The zero-order valence-corrected chi connectivity index (χ0v) is 12.4. The Balaban J connectivity index is 1.51. The minimum atomic E-state index is 0.807. The predicted octanol–water partition coefficient (Wildman–Crippen LogP) is 4.45. The fourth-order valence-corrected chi connectivity index (χ4v) is 3.25. The fraction of sp³-hybridized carbons (Fsp3) is 0.556. The van der Waals surface area contributed by atoms with Gasteiger partial charge in [0.05, 0.1) is 0 Å². The highest BCUT2D eigenvalue weighted by molar-refractivity contribution is 5.55. The van der Waals surface area contributed by atoms with Gasteiger partial charge < -0.3 is 10.2 Å². The summed E-state index contributed by atoms with van der Waals surface area (Å²) in [6.45, 7) is 3.55. The van der Waals surface area contributed by atoms with E-state index in [1.807, 2.05) is 0 Å². The van der Waals surface area contributed by atoms with Gasteiger partial charge in [0.1, 0.15) is 0 Å². The van der Waals surface area contributed by atoms with Crippen molar-refractivity contribution in [3.05, 3.63) is 36.4 Å². The van der Waals surface area contributed by atoms with Crippen molar-refractivity contribution in [3.63, 3.8) is 0 Å². The number of anilines is 2. The summed E-state index contributed by atoms with van der Waals surface area (Å²) < 4.78 is 0. The largest absolute Gasteiger partial charge is 0.385 e. The first-order chi connectivity index (χ1) is 9.92. The van der Waals surface area contributed by atoms with Gasteiger partial charge in [-0.15, -0.1) is 0 Å². The molecule has 0 radical (unpaired) electrons. The molecule has 0 spiro atoms. The lowest BCUT2D eigenvalue weighted by atomic mass is 9.94. The van der Waals surface area contributed by atoms with Crippen LogP contribution in [-0.2, 0) is 0 Å². The van der Waals surface area contributed by atoms with Crippen molar-refractivity contribution in [2.75, 3.05) is 29.9 Å². The first-order valence-corrected chi connectivity index (χ1v) is 8.16. The molecule has 0 bridgehead atoms. The summed E-state index contributed by atoms with van der Waals surface area (Å²) in [5, 5.41) is 3.59. The summed E-state index contributed by atoms with van der Waals surface area (Å²) in [6, 6.07) is 9.02. The summed E-state index contributed by atoms with van der Waals surface area (Å²) in [7, 11) is 0. The van der Waals surface area contributed by atoms with Gasteiger partial charge in [-0.05, 0) is 68.7 Å². The molecular weight excluding hydrogens is 244 g/mol. The van der Waals surface area contributed by atoms with Crippen LogP contribution >= 0.6 is 0 Å². The number of nitrogens with one attached hydrogen (secondary N) is 1. The standard InChI is InChI=1S/C18H26N2/c1-3-7-16(8-4-1)15-19-17-9-11-18(12-10-17)20-13-5-2-6-14-20/h1,3,9-12,16,19H,2,4-8,13-15H2. The number of nitrogens with zero attached hydrogens (tertiary/aromatic N) is 1. The maximum Gasteiger partial charge on any atom is 0.0367 e. The molecule has 1 saturated heterocycles. The van der Waals surface area contributed by atoms with Crippen LogP contribution in [-0.4, -0.2) is 19.6 Å². The summed E-state index contributed by atoms with van der Waals surface area (Å²) in [5.74, 6) is 0.807. The van der Waals surface area contributed by atoms with Crippen LogP contribution < -0.4 is 10.2 Å². The molecule has 1 fully saturated rings. The van der Waals surface area contributed by atoms with Crippen molar-refractivity contribution < 1.29 is 0 Å². The first-order valence-electron chi connectivity index (χ1n) is 8.16. The topological polar surface area (TPSA) is 15.3 Å². The van der Waals surface area contributed by atoms with Crippen LogP contribution in [0.5, 0.6) is 0 Å². The van der Waals surface area contributed by atoms with Crippen LogP contribution in [0.1, 0.15) is 38.5 Å². The molecule has 0 aromatic heterocycles. The molecule has 1 aliphatic carbocycles. The van der Waals surface area contributed by atoms with Gasteiger partial charge in [0.15, 0.2) is 0 Å². The van der Waals surface area contributed by atoms with Crippen LogP contribution in [0.25, 0.3) is 0 Å². The third-order valence-corrected chi connectivity index (χ3v) is 4.56. The number of piperidine rings is 1. The van der Waals surface area contributed by atoms with Gasteiger partial charge in [-0.25, -0.2) is 0 Å². The van der Waals surface area contributed by atoms with Crippen molar-refractivity contribution in [2.45, 2.75) is 38.5 Å². The van der Waals surface area contributed by atoms with E-state index in [-0.39, 0.29) is 0 Å². The Morgan fingerprint density at radius 2 is 1.80 bits per heavy atom. The van der Waals surface area contributed by atoms with E-state index in [9.17, 15) is 0 Å². The SMILES string of the molecule is C1=CCC(CNc2ccc(N3CCCCC3)cc2)CC1. The minimum absolute atomic E-state index is 0.807. The summed E-state index contributed by atoms with van der Waals surface area (Å²) in [4.78, 5) is 2.51. The van der Waals surface area contributed by atoms with Gasteiger partial charge in [-0.2, -0.15) is 0 Å². The van der Waals surface area contributed by atoms with Crippen molar-refractivity contribution in [1.82, 2.24) is 0 Å². The summed E-state index contributed by atoms with van der Waals surface area (Å²) >= 11 is 0. The highest BCUT2D eigenvalue weighted by Crippen LogP contribution is 2.23. The minimum Gasteiger partial charge on any atom is -0.385 e.